The number of carbonyl (C=O) groups is 1. The summed E-state index contributed by atoms with van der Waals surface area (Å²) in [5.74, 6) is -2.07. The second-order valence-corrected chi connectivity index (χ2v) is 18.4. The lowest BCUT2D eigenvalue weighted by Crippen LogP contribution is -2.03. The van der Waals surface area contributed by atoms with E-state index in [0.29, 0.717) is 56.7 Å². The van der Waals surface area contributed by atoms with Gasteiger partial charge in [-0.15, -0.1) is 13.8 Å². The first kappa shape index (κ1) is 49.7. The van der Waals surface area contributed by atoms with E-state index < -0.39 is 41.7 Å². The molecule has 0 heterocycles. The van der Waals surface area contributed by atoms with Crippen molar-refractivity contribution in [3.8, 4) is 11.5 Å². The number of aromatic hydroxyl groups is 2. The highest BCUT2D eigenvalue weighted by Crippen LogP contribution is 2.45. The van der Waals surface area contributed by atoms with Crippen molar-refractivity contribution in [1.29, 1.82) is 0 Å². The third-order valence-electron chi connectivity index (χ3n) is 9.53. The van der Waals surface area contributed by atoms with Gasteiger partial charge in [-0.1, -0.05) is 10.1 Å². The largest absolute Gasteiger partial charge is 0.507 e. The van der Waals surface area contributed by atoms with Gasteiger partial charge in [0, 0.05) is 21.1 Å². The van der Waals surface area contributed by atoms with E-state index in [9.17, 15) is 46.1 Å². The minimum Gasteiger partial charge on any atom is -0.507 e. The summed E-state index contributed by atoms with van der Waals surface area (Å²) < 4.78 is 78.1. The number of fused-ring (bicyclic) bond motifs is 2. The van der Waals surface area contributed by atoms with Gasteiger partial charge in [0.1, 0.15) is 26.8 Å². The summed E-state index contributed by atoms with van der Waals surface area (Å²) in [6.07, 6.45) is 0. The van der Waals surface area contributed by atoms with Crippen molar-refractivity contribution < 1.29 is 75.3 Å². The Hall–Kier alpha value is -7.19. The Bertz CT molecular complexity index is 3520. The van der Waals surface area contributed by atoms with Gasteiger partial charge in [0.2, 0.25) is 0 Å². The maximum Gasteiger partial charge on any atom is 0.339 e. The number of phenols is 2. The molecule has 7 N–H and O–H groups in total. The minimum atomic E-state index is -5.00. The Morgan fingerprint density at radius 1 is 0.536 bits per heavy atom. The van der Waals surface area contributed by atoms with Gasteiger partial charge in [-0.25, -0.2) is 15.3 Å². The molecule has 354 valence electrons. The number of aromatic carboxylic acids is 1. The number of aryl methyl sites for hydroxylation is 2. The Kier molecular flexibility index (Phi) is 15.1. The van der Waals surface area contributed by atoms with Crippen LogP contribution in [-0.2, 0) is 39.0 Å². The Morgan fingerprint density at radius 3 is 1.65 bits per heavy atom. The SMILES string of the molecule is Cc1cc(N=Nc2c(SOOO)cc3cc(N=Nc4ccc(O)c(C(=O)O)c4)ccc3c2O)c(C)cc1N=Nc1ccc(N=Nc2cc(S(=O)(=O)O)c3cc(SOOO)cc(S(=O)(=O)O)c3c2)cc1. The zero-order valence-corrected chi connectivity index (χ0v) is 38.1. The molecule has 0 unspecified atom stereocenters. The van der Waals surface area contributed by atoms with Gasteiger partial charge in [0.05, 0.1) is 68.8 Å². The van der Waals surface area contributed by atoms with E-state index in [1.165, 1.54) is 24.3 Å². The lowest BCUT2D eigenvalue weighted by molar-refractivity contribution is -0.432. The van der Waals surface area contributed by atoms with Gasteiger partial charge in [-0.05, 0) is 133 Å². The highest BCUT2D eigenvalue weighted by molar-refractivity contribution is 7.95. The zero-order chi connectivity index (χ0) is 49.6. The van der Waals surface area contributed by atoms with E-state index in [-0.39, 0.29) is 66.7 Å². The lowest BCUT2D eigenvalue weighted by atomic mass is 10.1. The van der Waals surface area contributed by atoms with Crippen LogP contribution in [0.4, 0.5) is 45.5 Å². The molecule has 7 rings (SSSR count). The van der Waals surface area contributed by atoms with Crippen molar-refractivity contribution in [3.05, 3.63) is 120 Å². The summed E-state index contributed by atoms with van der Waals surface area (Å²) >= 11 is 0.814. The molecule has 0 aliphatic rings. The molecule has 0 aromatic heterocycles. The van der Waals surface area contributed by atoms with Crippen LogP contribution >= 0.6 is 24.1 Å². The van der Waals surface area contributed by atoms with Crippen molar-refractivity contribution in [2.24, 2.45) is 40.9 Å². The van der Waals surface area contributed by atoms with E-state index in [0.717, 1.165) is 30.3 Å². The maximum absolute atomic E-state index is 12.4. The quantitative estimate of drug-likeness (QED) is 0.0146. The van der Waals surface area contributed by atoms with Crippen molar-refractivity contribution in [2.45, 2.75) is 33.4 Å². The Morgan fingerprint density at radius 2 is 1.04 bits per heavy atom. The fraction of sp³-hybridized carbons (Fsp3) is 0.0488. The molecule has 0 aliphatic heterocycles. The molecule has 7 aromatic carbocycles. The van der Waals surface area contributed by atoms with Crippen LogP contribution in [0.2, 0.25) is 0 Å². The number of hydrogen-bond donors (Lipinski definition) is 7. The number of hydrogen-bond acceptors (Lipinski definition) is 23. The van der Waals surface area contributed by atoms with Gasteiger partial charge >= 0.3 is 5.97 Å². The molecule has 0 saturated heterocycles. The highest BCUT2D eigenvalue weighted by atomic mass is 32.2. The average molecular weight is 1020 g/mol. The molecule has 0 bridgehead atoms. The second kappa shape index (κ2) is 21.0. The molecule has 0 aliphatic carbocycles. The van der Waals surface area contributed by atoms with Crippen LogP contribution in [0.1, 0.15) is 21.5 Å². The smallest absolute Gasteiger partial charge is 0.339 e. The maximum atomic E-state index is 12.4. The van der Waals surface area contributed by atoms with Crippen molar-refractivity contribution in [3.63, 3.8) is 0 Å². The molecular weight excluding hydrogens is 989 g/mol. The average Bonchev–Trinajstić information content (AvgIpc) is 3.30. The third kappa shape index (κ3) is 11.9. The van der Waals surface area contributed by atoms with Crippen LogP contribution in [0.25, 0.3) is 21.5 Å². The second-order valence-electron chi connectivity index (χ2n) is 14.1. The van der Waals surface area contributed by atoms with E-state index in [4.69, 9.17) is 10.5 Å². The van der Waals surface area contributed by atoms with Gasteiger partial charge in [-0.2, -0.15) is 52.6 Å². The molecule has 0 atom stereocenters. The van der Waals surface area contributed by atoms with Crippen LogP contribution in [0.3, 0.4) is 0 Å². The summed E-state index contributed by atoms with van der Waals surface area (Å²) in [5, 5.41) is 88.7. The minimum absolute atomic E-state index is 0.0322. The molecule has 0 spiro atoms. The van der Waals surface area contributed by atoms with Crippen LogP contribution in [0.15, 0.2) is 164 Å². The lowest BCUT2D eigenvalue weighted by Gasteiger charge is -2.11. The van der Waals surface area contributed by atoms with Gasteiger partial charge in [0.25, 0.3) is 20.2 Å². The standard InChI is InChI=1S/C41H30N8O16S4/c1-20-12-34(48-49-39-36(67-65-63-55)14-22-13-25(7-9-29(22)40(39)51)44-45-26-8-10-35(50)32(15-26)41(52)53)21(2)11-33(20)47-43-24-5-3-23(4-6-24)42-46-27-16-30-31(37(17-27)68(56,57)58)18-28(66-64-62-54)19-38(30)69(59,60)61/h3-19,50-51,54-55H,1-2H3,(H,52,53)(H,56,57,58)(H,59,60,61). The summed E-state index contributed by atoms with van der Waals surface area (Å²) in [6, 6.07) is 23.6. The summed E-state index contributed by atoms with van der Waals surface area (Å²) in [6.45, 7) is 3.51. The van der Waals surface area contributed by atoms with Crippen LogP contribution in [0.5, 0.6) is 11.5 Å². The number of rotatable bonds is 17. The summed E-state index contributed by atoms with van der Waals surface area (Å²) in [5.41, 5.74) is 2.68. The number of nitrogens with zero attached hydrogens (tertiary/aromatic N) is 8. The highest BCUT2D eigenvalue weighted by Gasteiger charge is 2.24. The van der Waals surface area contributed by atoms with E-state index in [1.807, 2.05) is 0 Å². The van der Waals surface area contributed by atoms with E-state index in [1.54, 1.807) is 62.4 Å². The summed E-state index contributed by atoms with van der Waals surface area (Å²) in [4.78, 5) is 9.89. The first-order valence-corrected chi connectivity index (χ1v) is 23.3. The van der Waals surface area contributed by atoms with Gasteiger partial charge in [-0.3, -0.25) is 9.11 Å². The van der Waals surface area contributed by atoms with Crippen molar-refractivity contribution in [1.82, 2.24) is 0 Å². The Balaban J connectivity index is 1.09. The van der Waals surface area contributed by atoms with Crippen LogP contribution in [0, 0.1) is 13.8 Å². The fourth-order valence-corrected chi connectivity index (χ4v) is 8.80. The molecular formula is C41H30N8O16S4. The first-order valence-electron chi connectivity index (χ1n) is 18.9. The molecule has 7 aromatic rings. The topological polar surface area (TPSA) is 363 Å². The molecule has 28 heteroatoms. The zero-order valence-electron chi connectivity index (χ0n) is 34.8. The monoisotopic (exact) mass is 1020 g/mol. The number of carboxylic acids is 1. The molecule has 0 amide bonds. The van der Waals surface area contributed by atoms with Crippen LogP contribution in [-0.4, -0.2) is 57.7 Å². The predicted molar refractivity (Wildman–Crippen MR) is 245 cm³/mol. The molecule has 24 nitrogen and oxygen atoms in total. The molecule has 0 fully saturated rings. The number of carboxylic acid groups (broad SMARTS) is 1. The Labute approximate surface area is 396 Å². The number of benzene rings is 7. The number of azo groups is 4. The fourth-order valence-electron chi connectivity index (χ4n) is 6.35. The van der Waals surface area contributed by atoms with Crippen LogP contribution < -0.4 is 0 Å². The predicted octanol–water partition coefficient (Wildman–Crippen LogP) is 12.7. The van der Waals surface area contributed by atoms with Gasteiger partial charge in [0.15, 0.2) is 5.75 Å². The van der Waals surface area contributed by atoms with E-state index in [2.05, 4.69) is 59.7 Å². The van der Waals surface area contributed by atoms with Crippen molar-refractivity contribution >= 4 is 117 Å². The first-order chi connectivity index (χ1) is 32.8. The van der Waals surface area contributed by atoms with E-state index >= 15 is 0 Å². The normalized spacial score (nSPS) is 12.5. The molecule has 0 saturated carbocycles. The number of phenolic OH excluding ortho intramolecular Hbond substituents is 1. The van der Waals surface area contributed by atoms with Crippen molar-refractivity contribution in [2.75, 3.05) is 0 Å². The van der Waals surface area contributed by atoms with Gasteiger partial charge < -0.3 is 15.3 Å². The third-order valence-corrected chi connectivity index (χ3v) is 12.5. The molecule has 69 heavy (non-hydrogen) atoms. The summed E-state index contributed by atoms with van der Waals surface area (Å²) in [7, 11) is -9.99. The molecule has 0 radical (unpaired) electrons.